The highest BCUT2D eigenvalue weighted by Crippen LogP contribution is 2.30. The lowest BCUT2D eigenvalue weighted by molar-refractivity contribution is -0.144. The van der Waals surface area contributed by atoms with Crippen LogP contribution in [0.1, 0.15) is 38.7 Å². The van der Waals surface area contributed by atoms with Gasteiger partial charge in [-0.2, -0.15) is 0 Å². The molecule has 120 valence electrons. The molecule has 1 aromatic rings. The van der Waals surface area contributed by atoms with Crippen molar-refractivity contribution in [3.63, 3.8) is 0 Å². The molecule has 0 aliphatic carbocycles. The average Bonchev–Trinajstić information content (AvgIpc) is 2.88. The maximum atomic E-state index is 12.5. The highest BCUT2D eigenvalue weighted by Gasteiger charge is 2.44. The molecule has 5 heteroatoms. The molecule has 1 saturated heterocycles. The second-order valence-electron chi connectivity index (χ2n) is 5.91. The molecule has 1 aliphatic heterocycles. The van der Waals surface area contributed by atoms with Crippen LogP contribution in [0.5, 0.6) is 0 Å². The third-order valence-electron chi connectivity index (χ3n) is 4.29. The molecule has 1 heterocycles. The monoisotopic (exact) mass is 322 g/mol. The molecule has 0 bridgehead atoms. The smallest absolute Gasteiger partial charge is 0.245 e. The average molecular weight is 323 g/mol. The number of benzene rings is 1. The molecule has 1 atom stereocenters. The van der Waals surface area contributed by atoms with Gasteiger partial charge in [-0.05, 0) is 50.8 Å². The van der Waals surface area contributed by atoms with Gasteiger partial charge in [-0.1, -0.05) is 23.7 Å². The molecule has 1 fully saturated rings. The normalized spacial score (nSPS) is 21.0. The van der Waals surface area contributed by atoms with Gasteiger partial charge in [0.2, 0.25) is 11.8 Å². The Morgan fingerprint density at radius 3 is 2.86 bits per heavy atom. The first kappa shape index (κ1) is 16.8. The summed E-state index contributed by atoms with van der Waals surface area (Å²) in [6.45, 7) is 4.99. The zero-order chi connectivity index (χ0) is 16.2. The van der Waals surface area contributed by atoms with Crippen molar-refractivity contribution in [3.05, 3.63) is 34.9 Å². The van der Waals surface area contributed by atoms with E-state index < -0.39 is 5.54 Å². The molecule has 1 N–H and O–H groups in total. The van der Waals surface area contributed by atoms with E-state index in [2.05, 4.69) is 5.32 Å². The summed E-state index contributed by atoms with van der Waals surface area (Å²) in [4.78, 5) is 26.6. The van der Waals surface area contributed by atoms with Crippen molar-refractivity contribution in [1.29, 1.82) is 0 Å². The third-order valence-corrected chi connectivity index (χ3v) is 4.52. The topological polar surface area (TPSA) is 49.4 Å². The number of hydrogen-bond acceptors (Lipinski definition) is 2. The van der Waals surface area contributed by atoms with Crippen molar-refractivity contribution in [1.82, 2.24) is 10.2 Å². The summed E-state index contributed by atoms with van der Waals surface area (Å²) in [6.07, 6.45) is 2.63. The summed E-state index contributed by atoms with van der Waals surface area (Å²) in [5, 5.41) is 3.52. The lowest BCUT2D eigenvalue weighted by atomic mass is 9.97. The molecule has 0 aromatic heterocycles. The number of amides is 2. The molecular formula is C17H23ClN2O2. The number of nitrogens with one attached hydrogen (secondary N) is 1. The molecule has 2 amide bonds. The first-order valence-electron chi connectivity index (χ1n) is 7.80. The van der Waals surface area contributed by atoms with E-state index in [9.17, 15) is 9.59 Å². The van der Waals surface area contributed by atoms with Crippen molar-refractivity contribution < 1.29 is 9.59 Å². The van der Waals surface area contributed by atoms with Gasteiger partial charge in [-0.25, -0.2) is 0 Å². The molecule has 4 nitrogen and oxygen atoms in total. The Kier molecular flexibility index (Phi) is 5.46. The van der Waals surface area contributed by atoms with Gasteiger partial charge in [0.15, 0.2) is 0 Å². The van der Waals surface area contributed by atoms with Crippen LogP contribution in [-0.2, 0) is 16.0 Å². The van der Waals surface area contributed by atoms with Gasteiger partial charge in [0.05, 0.1) is 0 Å². The molecular weight excluding hydrogens is 300 g/mol. The first-order chi connectivity index (χ1) is 10.5. The van der Waals surface area contributed by atoms with Crippen LogP contribution < -0.4 is 5.32 Å². The fraction of sp³-hybridized carbons (Fsp3) is 0.529. The Hall–Kier alpha value is -1.55. The summed E-state index contributed by atoms with van der Waals surface area (Å²) >= 11 is 5.96. The Balaban J connectivity index is 2.00. The molecule has 0 spiro atoms. The fourth-order valence-electron chi connectivity index (χ4n) is 3.03. The molecule has 0 saturated carbocycles. The first-order valence-corrected chi connectivity index (χ1v) is 8.18. The highest BCUT2D eigenvalue weighted by molar-refractivity contribution is 6.30. The lowest BCUT2D eigenvalue weighted by Gasteiger charge is -2.34. The maximum Gasteiger partial charge on any atom is 0.245 e. The second-order valence-corrected chi connectivity index (χ2v) is 6.35. The van der Waals surface area contributed by atoms with Crippen molar-refractivity contribution in [2.45, 2.75) is 45.1 Å². The predicted molar refractivity (Wildman–Crippen MR) is 87.8 cm³/mol. The second kappa shape index (κ2) is 7.14. The van der Waals surface area contributed by atoms with E-state index in [1.54, 1.807) is 4.90 Å². The van der Waals surface area contributed by atoms with Gasteiger partial charge in [0, 0.05) is 24.5 Å². The van der Waals surface area contributed by atoms with Crippen LogP contribution in [-0.4, -0.2) is 35.3 Å². The number of halogens is 1. The van der Waals surface area contributed by atoms with E-state index in [1.807, 2.05) is 38.1 Å². The zero-order valence-corrected chi connectivity index (χ0v) is 13.9. The van der Waals surface area contributed by atoms with Crippen molar-refractivity contribution in [2.75, 3.05) is 13.1 Å². The van der Waals surface area contributed by atoms with E-state index in [0.717, 1.165) is 18.4 Å². The van der Waals surface area contributed by atoms with Gasteiger partial charge in [0.1, 0.15) is 5.54 Å². The quantitative estimate of drug-likeness (QED) is 0.906. The molecule has 2 rings (SSSR count). The Morgan fingerprint density at radius 1 is 1.41 bits per heavy atom. The van der Waals surface area contributed by atoms with E-state index in [0.29, 0.717) is 31.0 Å². The van der Waals surface area contributed by atoms with Crippen LogP contribution in [0.3, 0.4) is 0 Å². The summed E-state index contributed by atoms with van der Waals surface area (Å²) in [6, 6.07) is 7.55. The summed E-state index contributed by atoms with van der Waals surface area (Å²) < 4.78 is 0. The minimum absolute atomic E-state index is 0.0335. The number of carbonyl (C=O) groups excluding carboxylic acids is 2. The van der Waals surface area contributed by atoms with Crippen LogP contribution in [0, 0.1) is 0 Å². The van der Waals surface area contributed by atoms with Crippen molar-refractivity contribution >= 4 is 23.4 Å². The lowest BCUT2D eigenvalue weighted by Crippen LogP contribution is -2.55. The predicted octanol–water partition coefficient (Wildman–Crippen LogP) is 2.79. The van der Waals surface area contributed by atoms with Gasteiger partial charge in [-0.15, -0.1) is 0 Å². The van der Waals surface area contributed by atoms with Crippen molar-refractivity contribution in [3.8, 4) is 0 Å². The SMILES string of the molecule is CCNC(=O)C1(C)CCCN1C(=O)CCc1cccc(Cl)c1. The van der Waals surface area contributed by atoms with Crippen LogP contribution in [0.2, 0.25) is 5.02 Å². The van der Waals surface area contributed by atoms with E-state index in [4.69, 9.17) is 11.6 Å². The minimum atomic E-state index is -0.707. The Morgan fingerprint density at radius 2 is 2.18 bits per heavy atom. The number of hydrogen-bond donors (Lipinski definition) is 1. The molecule has 22 heavy (non-hydrogen) atoms. The molecule has 1 aromatic carbocycles. The van der Waals surface area contributed by atoms with Crippen molar-refractivity contribution in [2.24, 2.45) is 0 Å². The number of rotatable bonds is 5. The zero-order valence-electron chi connectivity index (χ0n) is 13.2. The number of aryl methyl sites for hydroxylation is 1. The Labute approximate surface area is 136 Å². The van der Waals surface area contributed by atoms with Gasteiger partial charge in [0.25, 0.3) is 0 Å². The van der Waals surface area contributed by atoms with E-state index >= 15 is 0 Å². The number of likely N-dealkylation sites (N-methyl/N-ethyl adjacent to an activating group) is 1. The summed E-state index contributed by atoms with van der Waals surface area (Å²) in [5.41, 5.74) is 0.335. The summed E-state index contributed by atoms with van der Waals surface area (Å²) in [7, 11) is 0. The molecule has 0 radical (unpaired) electrons. The number of carbonyl (C=O) groups is 2. The van der Waals surface area contributed by atoms with Crippen LogP contribution >= 0.6 is 11.6 Å². The third kappa shape index (κ3) is 3.61. The Bertz CT molecular complexity index is 561. The molecule has 1 aliphatic rings. The number of likely N-dealkylation sites (tertiary alicyclic amines) is 1. The minimum Gasteiger partial charge on any atom is -0.354 e. The van der Waals surface area contributed by atoms with E-state index in [-0.39, 0.29) is 11.8 Å². The van der Waals surface area contributed by atoms with Crippen LogP contribution in [0.15, 0.2) is 24.3 Å². The standard InChI is InChI=1S/C17H23ClN2O2/c1-3-19-16(22)17(2)10-5-11-20(17)15(21)9-8-13-6-4-7-14(18)12-13/h4,6-7,12H,3,5,8-11H2,1-2H3,(H,19,22). The van der Waals surface area contributed by atoms with Gasteiger partial charge in [-0.3, -0.25) is 9.59 Å². The van der Waals surface area contributed by atoms with Gasteiger partial charge >= 0.3 is 0 Å². The van der Waals surface area contributed by atoms with Crippen LogP contribution in [0.25, 0.3) is 0 Å². The maximum absolute atomic E-state index is 12.5. The van der Waals surface area contributed by atoms with Gasteiger partial charge < -0.3 is 10.2 Å². The fourth-order valence-corrected chi connectivity index (χ4v) is 3.24. The van der Waals surface area contributed by atoms with Crippen LogP contribution in [0.4, 0.5) is 0 Å². The largest absolute Gasteiger partial charge is 0.354 e. The molecule has 1 unspecified atom stereocenters. The van der Waals surface area contributed by atoms with E-state index in [1.165, 1.54) is 0 Å². The number of nitrogens with zero attached hydrogens (tertiary/aromatic N) is 1. The summed E-state index contributed by atoms with van der Waals surface area (Å²) in [5.74, 6) is -0.0187. The highest BCUT2D eigenvalue weighted by atomic mass is 35.5.